The number of benzene rings is 2. The molecule has 1 aromatic heterocycles. The van der Waals surface area contributed by atoms with Crippen molar-refractivity contribution in [1.29, 1.82) is 0 Å². The molecular formula is C23H25ClN2O. The third-order valence-electron chi connectivity index (χ3n) is 5.40. The van der Waals surface area contributed by atoms with Gasteiger partial charge in [0.15, 0.2) is 12.4 Å². The Bertz CT molecular complexity index is 889. The summed E-state index contributed by atoms with van der Waals surface area (Å²) < 4.78 is 2.00. The van der Waals surface area contributed by atoms with Gasteiger partial charge in [-0.3, -0.25) is 4.79 Å². The van der Waals surface area contributed by atoms with E-state index >= 15 is 0 Å². The van der Waals surface area contributed by atoms with E-state index in [1.165, 1.54) is 16.3 Å². The van der Waals surface area contributed by atoms with Gasteiger partial charge < -0.3 is 17.3 Å². The van der Waals surface area contributed by atoms with Crippen LogP contribution in [0, 0.1) is 5.92 Å². The topological polar surface area (TPSA) is 24.2 Å². The van der Waals surface area contributed by atoms with Gasteiger partial charge in [0, 0.05) is 24.5 Å². The Morgan fingerprint density at radius 1 is 0.926 bits per heavy atom. The highest BCUT2D eigenvalue weighted by molar-refractivity contribution is 5.80. The molecule has 0 saturated carbocycles. The van der Waals surface area contributed by atoms with E-state index in [0.29, 0.717) is 12.5 Å². The van der Waals surface area contributed by atoms with Crippen molar-refractivity contribution in [2.75, 3.05) is 13.1 Å². The molecule has 3 nitrogen and oxygen atoms in total. The summed E-state index contributed by atoms with van der Waals surface area (Å²) in [7, 11) is 0. The highest BCUT2D eigenvalue weighted by Gasteiger charge is 2.24. The van der Waals surface area contributed by atoms with E-state index in [9.17, 15) is 4.79 Å². The standard InChI is InChI=1S/C23H25N2O.ClH/c26-23(18-24-13-12-21-8-4-5-9-22(21)17-24)25-14-10-20(11-15-25)16-19-6-2-1-3-7-19;/h1-9,12-13,17,20H,10-11,14-16,18H2;1H/q+1;/p-1. The Morgan fingerprint density at radius 2 is 1.59 bits per heavy atom. The number of aromatic nitrogens is 1. The number of rotatable bonds is 4. The fraction of sp³-hybridized carbons (Fsp3) is 0.304. The summed E-state index contributed by atoms with van der Waals surface area (Å²) in [5.74, 6) is 0.915. The molecule has 2 heterocycles. The molecule has 0 atom stereocenters. The second-order valence-corrected chi connectivity index (χ2v) is 7.26. The Labute approximate surface area is 167 Å². The summed E-state index contributed by atoms with van der Waals surface area (Å²) in [6.45, 7) is 2.18. The van der Waals surface area contributed by atoms with E-state index in [4.69, 9.17) is 0 Å². The van der Waals surface area contributed by atoms with Crippen LogP contribution in [0.15, 0.2) is 73.1 Å². The molecule has 1 aliphatic heterocycles. The zero-order valence-electron chi connectivity index (χ0n) is 15.4. The molecule has 1 amide bonds. The number of likely N-dealkylation sites (tertiary alicyclic amines) is 1. The predicted molar refractivity (Wildman–Crippen MR) is 104 cm³/mol. The largest absolute Gasteiger partial charge is 1.00 e. The summed E-state index contributed by atoms with van der Waals surface area (Å²) in [5.41, 5.74) is 1.41. The summed E-state index contributed by atoms with van der Waals surface area (Å²) in [4.78, 5) is 14.7. The number of nitrogens with zero attached hydrogens (tertiary/aromatic N) is 2. The fourth-order valence-corrected chi connectivity index (χ4v) is 3.87. The van der Waals surface area contributed by atoms with E-state index in [2.05, 4.69) is 54.7 Å². The van der Waals surface area contributed by atoms with Crippen LogP contribution in [0.5, 0.6) is 0 Å². The lowest BCUT2D eigenvalue weighted by molar-refractivity contribution is -0.683. The first-order valence-electron chi connectivity index (χ1n) is 9.47. The van der Waals surface area contributed by atoms with Crippen LogP contribution >= 0.6 is 0 Å². The van der Waals surface area contributed by atoms with Crippen molar-refractivity contribution < 1.29 is 21.8 Å². The average Bonchev–Trinajstić information content (AvgIpc) is 2.69. The lowest BCUT2D eigenvalue weighted by Crippen LogP contribution is -3.00. The number of pyridine rings is 1. The maximum atomic E-state index is 12.7. The van der Waals surface area contributed by atoms with Crippen molar-refractivity contribution in [2.24, 2.45) is 5.92 Å². The number of carbonyl (C=O) groups is 1. The minimum Gasteiger partial charge on any atom is -1.00 e. The quantitative estimate of drug-likeness (QED) is 0.609. The van der Waals surface area contributed by atoms with Gasteiger partial charge in [-0.05, 0) is 42.2 Å². The minimum atomic E-state index is 0. The summed E-state index contributed by atoms with van der Waals surface area (Å²) >= 11 is 0. The third kappa shape index (κ3) is 4.86. The first-order valence-corrected chi connectivity index (χ1v) is 9.47. The van der Waals surface area contributed by atoms with Crippen molar-refractivity contribution in [2.45, 2.75) is 25.8 Å². The van der Waals surface area contributed by atoms with Gasteiger partial charge in [-0.2, -0.15) is 4.57 Å². The normalized spacial score (nSPS) is 14.7. The van der Waals surface area contributed by atoms with E-state index < -0.39 is 0 Å². The van der Waals surface area contributed by atoms with Crippen molar-refractivity contribution >= 4 is 16.7 Å². The van der Waals surface area contributed by atoms with Gasteiger partial charge in [-0.1, -0.05) is 48.5 Å². The molecule has 3 aromatic rings. The van der Waals surface area contributed by atoms with Crippen LogP contribution in [0.4, 0.5) is 0 Å². The van der Waals surface area contributed by atoms with E-state index in [1.54, 1.807) is 0 Å². The van der Waals surface area contributed by atoms with Crippen LogP contribution in [0.25, 0.3) is 10.8 Å². The molecule has 0 radical (unpaired) electrons. The van der Waals surface area contributed by atoms with Crippen molar-refractivity contribution in [3.63, 3.8) is 0 Å². The minimum absolute atomic E-state index is 0. The van der Waals surface area contributed by atoms with Crippen LogP contribution < -0.4 is 17.0 Å². The molecule has 4 heteroatoms. The Morgan fingerprint density at radius 3 is 2.33 bits per heavy atom. The first-order chi connectivity index (χ1) is 12.8. The van der Waals surface area contributed by atoms with Gasteiger partial charge in [-0.15, -0.1) is 0 Å². The molecule has 4 rings (SSSR count). The van der Waals surface area contributed by atoms with E-state index in [0.717, 1.165) is 32.4 Å². The molecule has 140 valence electrons. The second-order valence-electron chi connectivity index (χ2n) is 7.26. The summed E-state index contributed by atoms with van der Waals surface area (Å²) in [5, 5.41) is 2.38. The van der Waals surface area contributed by atoms with Gasteiger partial charge in [-0.25, -0.2) is 0 Å². The molecule has 1 fully saturated rings. The lowest BCUT2D eigenvalue weighted by atomic mass is 9.90. The van der Waals surface area contributed by atoms with Crippen LogP contribution in [0.2, 0.25) is 0 Å². The average molecular weight is 381 g/mol. The predicted octanol–water partition coefficient (Wildman–Crippen LogP) is 0.613. The number of hydrogen-bond donors (Lipinski definition) is 0. The Balaban J connectivity index is 0.00000210. The van der Waals surface area contributed by atoms with Gasteiger partial charge in [0.25, 0.3) is 5.91 Å². The number of piperidine rings is 1. The molecule has 27 heavy (non-hydrogen) atoms. The number of carbonyl (C=O) groups excluding carboxylic acids is 1. The molecule has 0 N–H and O–H groups in total. The summed E-state index contributed by atoms with van der Waals surface area (Å²) in [6, 6.07) is 21.0. The SMILES string of the molecule is O=C(C[n+]1ccc2ccccc2c1)N1CCC(Cc2ccccc2)CC1.[Cl-]. The lowest BCUT2D eigenvalue weighted by Gasteiger charge is -2.31. The van der Waals surface area contributed by atoms with Crippen molar-refractivity contribution in [1.82, 2.24) is 4.90 Å². The van der Waals surface area contributed by atoms with Gasteiger partial charge >= 0.3 is 0 Å². The summed E-state index contributed by atoms with van der Waals surface area (Å²) in [6.07, 6.45) is 7.39. The number of fused-ring (bicyclic) bond motifs is 1. The van der Waals surface area contributed by atoms with Crippen LogP contribution in [0.3, 0.4) is 0 Å². The first kappa shape index (κ1) is 19.4. The molecule has 1 saturated heterocycles. The van der Waals surface area contributed by atoms with Gasteiger partial charge in [0.05, 0.1) is 0 Å². The Kier molecular flexibility index (Phi) is 6.46. The number of amides is 1. The second kappa shape index (κ2) is 9.01. The maximum Gasteiger partial charge on any atom is 0.288 e. The van der Waals surface area contributed by atoms with E-state index in [1.807, 2.05) is 27.8 Å². The Hall–Kier alpha value is -2.39. The highest BCUT2D eigenvalue weighted by Crippen LogP contribution is 2.21. The highest BCUT2D eigenvalue weighted by atomic mass is 35.5. The molecule has 0 bridgehead atoms. The van der Waals surface area contributed by atoms with E-state index in [-0.39, 0.29) is 18.3 Å². The van der Waals surface area contributed by atoms with Gasteiger partial charge in [0.2, 0.25) is 6.54 Å². The smallest absolute Gasteiger partial charge is 0.288 e. The van der Waals surface area contributed by atoms with Crippen molar-refractivity contribution in [3.8, 4) is 0 Å². The zero-order chi connectivity index (χ0) is 17.8. The molecule has 0 spiro atoms. The molecular weight excluding hydrogens is 356 g/mol. The van der Waals surface area contributed by atoms with Gasteiger partial charge in [0.1, 0.15) is 0 Å². The van der Waals surface area contributed by atoms with Crippen molar-refractivity contribution in [3.05, 3.63) is 78.6 Å². The zero-order valence-corrected chi connectivity index (χ0v) is 16.2. The van der Waals surface area contributed by atoms with Crippen LogP contribution in [-0.4, -0.2) is 23.9 Å². The number of hydrogen-bond acceptors (Lipinski definition) is 1. The number of halogens is 1. The molecule has 0 unspecified atom stereocenters. The molecule has 2 aromatic carbocycles. The maximum absolute atomic E-state index is 12.7. The molecule has 0 aliphatic carbocycles. The van der Waals surface area contributed by atoms with Crippen LogP contribution in [0.1, 0.15) is 18.4 Å². The van der Waals surface area contributed by atoms with Crippen LogP contribution in [-0.2, 0) is 17.8 Å². The molecule has 1 aliphatic rings. The third-order valence-corrected chi connectivity index (χ3v) is 5.40. The fourth-order valence-electron chi connectivity index (χ4n) is 3.87. The monoisotopic (exact) mass is 380 g/mol.